The first kappa shape index (κ1) is 29.0. The van der Waals surface area contributed by atoms with Crippen LogP contribution < -0.4 is 0 Å². The zero-order chi connectivity index (χ0) is 28.0. The number of Topliss-reactive ketones (excluding diaryl/α,β-unsaturated/α-hetero) is 1. The normalized spacial score (nSPS) is 31.6. The van der Waals surface area contributed by atoms with Gasteiger partial charge in [-0.25, -0.2) is 0 Å². The maximum atomic E-state index is 13.9. The average molecular weight is 533 g/mol. The van der Waals surface area contributed by atoms with Gasteiger partial charge in [-0.1, -0.05) is 74.5 Å². The van der Waals surface area contributed by atoms with Crippen LogP contribution in [0.15, 0.2) is 78.0 Å². The van der Waals surface area contributed by atoms with Crippen LogP contribution in [0.2, 0.25) is 0 Å². The topological polar surface area (TPSA) is 71.1 Å². The maximum Gasteiger partial charge on any atom is 0.312 e. The number of ketones is 1. The summed E-state index contributed by atoms with van der Waals surface area (Å²) in [5.74, 6) is -1.34. The molecule has 2 aromatic carbocycles. The van der Waals surface area contributed by atoms with Gasteiger partial charge in [0.15, 0.2) is 5.78 Å². The summed E-state index contributed by atoms with van der Waals surface area (Å²) in [6.07, 6.45) is 0.491. The Morgan fingerprint density at radius 2 is 1.54 bits per heavy atom. The Labute approximate surface area is 232 Å². The van der Waals surface area contributed by atoms with Gasteiger partial charge in [0.1, 0.15) is 23.9 Å². The number of cyclic esters (lactones) is 1. The second-order valence-corrected chi connectivity index (χ2v) is 11.0. The van der Waals surface area contributed by atoms with E-state index in [4.69, 9.17) is 18.9 Å². The number of carbonyl (C=O) groups is 2. The van der Waals surface area contributed by atoms with E-state index < -0.39 is 35.8 Å². The van der Waals surface area contributed by atoms with Crippen molar-refractivity contribution >= 4 is 11.8 Å². The number of ether oxygens (including phenoxy) is 4. The van der Waals surface area contributed by atoms with Gasteiger partial charge in [-0.15, -0.1) is 5.73 Å². The molecule has 0 saturated carbocycles. The van der Waals surface area contributed by atoms with E-state index in [1.165, 1.54) is 0 Å². The number of fused-ring (bicyclic) bond motifs is 2. The first-order chi connectivity index (χ1) is 18.7. The fraction of sp³-hybridized carbons (Fsp3) is 0.485. The van der Waals surface area contributed by atoms with Crippen LogP contribution in [-0.4, -0.2) is 41.8 Å². The van der Waals surface area contributed by atoms with Crippen LogP contribution in [0.25, 0.3) is 0 Å². The molecule has 2 heterocycles. The highest BCUT2D eigenvalue weighted by Crippen LogP contribution is 2.39. The lowest BCUT2D eigenvalue weighted by Gasteiger charge is -2.30. The molecule has 1 fully saturated rings. The minimum absolute atomic E-state index is 0.0794. The largest absolute Gasteiger partial charge is 0.457 e. The van der Waals surface area contributed by atoms with Crippen molar-refractivity contribution in [2.75, 3.05) is 0 Å². The summed E-state index contributed by atoms with van der Waals surface area (Å²) < 4.78 is 24.9. The molecule has 7 atom stereocenters. The second-order valence-electron chi connectivity index (χ2n) is 11.0. The lowest BCUT2D eigenvalue weighted by molar-refractivity contribution is -0.163. The molecule has 0 amide bonds. The molecule has 2 aromatic rings. The highest BCUT2D eigenvalue weighted by molar-refractivity contribution is 5.94. The van der Waals surface area contributed by atoms with Gasteiger partial charge in [0, 0.05) is 5.57 Å². The Morgan fingerprint density at radius 1 is 0.949 bits per heavy atom. The quantitative estimate of drug-likeness (QED) is 0.323. The number of benzene rings is 2. The highest BCUT2D eigenvalue weighted by Gasteiger charge is 2.56. The molecular formula is C33H40O6. The summed E-state index contributed by atoms with van der Waals surface area (Å²) in [7, 11) is 0. The summed E-state index contributed by atoms with van der Waals surface area (Å²) in [6, 6.07) is 19.7. The molecule has 0 radical (unpaired) electrons. The van der Waals surface area contributed by atoms with Crippen molar-refractivity contribution in [3.8, 4) is 0 Å². The van der Waals surface area contributed by atoms with Gasteiger partial charge < -0.3 is 18.9 Å². The molecule has 39 heavy (non-hydrogen) atoms. The Morgan fingerprint density at radius 3 is 2.13 bits per heavy atom. The van der Waals surface area contributed by atoms with Crippen molar-refractivity contribution < 1.29 is 28.5 Å². The van der Waals surface area contributed by atoms with Gasteiger partial charge in [-0.3, -0.25) is 9.59 Å². The number of carbonyl (C=O) groups excluding carboxylic acids is 2. The molecule has 6 nitrogen and oxygen atoms in total. The van der Waals surface area contributed by atoms with E-state index in [-0.39, 0.29) is 24.4 Å². The first-order valence-corrected chi connectivity index (χ1v) is 13.9. The standard InChI is InChI=1S/C33H40O6/c1-6-27-22(2)17-18-28(36-20-25-13-9-7-10-14-25)23(3)19-33(5)31(34)30(29(39-33)24(4)32(35)38-27)37-21-26-15-11-8-12-16-26/h7-16,18,23-24,27-30H,6,19-21H2,1-5H3/t17?,23-,24-,27-,28-,29-,30-,33+/m1/s1. The van der Waals surface area contributed by atoms with Crippen LogP contribution in [0.4, 0.5) is 0 Å². The van der Waals surface area contributed by atoms with Gasteiger partial charge in [0.25, 0.3) is 0 Å². The van der Waals surface area contributed by atoms with Crippen LogP contribution in [0, 0.1) is 11.8 Å². The van der Waals surface area contributed by atoms with Crippen LogP contribution in [-0.2, 0) is 41.8 Å². The molecule has 0 aliphatic carbocycles. The third-order valence-corrected chi connectivity index (χ3v) is 7.76. The van der Waals surface area contributed by atoms with Crippen LogP contribution in [0.5, 0.6) is 0 Å². The van der Waals surface area contributed by atoms with Crippen LogP contribution >= 0.6 is 0 Å². The molecule has 0 N–H and O–H groups in total. The lowest BCUT2D eigenvalue weighted by Crippen LogP contribution is -2.41. The molecular weight excluding hydrogens is 492 g/mol. The van der Waals surface area contributed by atoms with Crippen molar-refractivity contribution in [2.24, 2.45) is 11.8 Å². The van der Waals surface area contributed by atoms with E-state index in [0.29, 0.717) is 19.4 Å². The van der Waals surface area contributed by atoms with Crippen LogP contribution in [0.1, 0.15) is 58.6 Å². The molecule has 2 aliphatic heterocycles. The molecule has 0 spiro atoms. The third kappa shape index (κ3) is 6.95. The van der Waals surface area contributed by atoms with E-state index in [2.05, 4.69) is 12.7 Å². The zero-order valence-electron chi connectivity index (χ0n) is 23.6. The molecule has 2 aliphatic rings. The second kappa shape index (κ2) is 12.9. The zero-order valence-corrected chi connectivity index (χ0v) is 23.6. The van der Waals surface area contributed by atoms with E-state index >= 15 is 0 Å². The van der Waals surface area contributed by atoms with Crippen molar-refractivity contribution in [1.82, 2.24) is 0 Å². The molecule has 208 valence electrons. The van der Waals surface area contributed by atoms with Crippen LogP contribution in [0.3, 0.4) is 0 Å². The highest BCUT2D eigenvalue weighted by atomic mass is 16.6. The maximum absolute atomic E-state index is 13.9. The van der Waals surface area contributed by atoms with Crippen molar-refractivity contribution in [2.45, 2.75) is 90.7 Å². The van der Waals surface area contributed by atoms with Gasteiger partial charge in [-0.2, -0.15) is 0 Å². The predicted octanol–water partition coefficient (Wildman–Crippen LogP) is 5.98. The fourth-order valence-corrected chi connectivity index (χ4v) is 5.35. The van der Waals surface area contributed by atoms with E-state index in [0.717, 1.165) is 16.7 Å². The number of esters is 1. The number of rotatable bonds is 7. The predicted molar refractivity (Wildman–Crippen MR) is 149 cm³/mol. The van der Waals surface area contributed by atoms with Gasteiger partial charge in [0.2, 0.25) is 0 Å². The van der Waals surface area contributed by atoms with Gasteiger partial charge >= 0.3 is 5.97 Å². The minimum atomic E-state index is -1.14. The lowest BCUT2D eigenvalue weighted by atomic mass is 9.85. The molecule has 0 unspecified atom stereocenters. The van der Waals surface area contributed by atoms with E-state index in [1.807, 2.05) is 80.6 Å². The van der Waals surface area contributed by atoms with E-state index in [1.54, 1.807) is 13.8 Å². The van der Waals surface area contributed by atoms with Crippen molar-refractivity contribution in [3.05, 3.63) is 89.2 Å². The third-order valence-electron chi connectivity index (χ3n) is 7.76. The van der Waals surface area contributed by atoms with Gasteiger partial charge in [-0.05, 0) is 56.7 Å². The summed E-state index contributed by atoms with van der Waals surface area (Å²) in [4.78, 5) is 27.2. The summed E-state index contributed by atoms with van der Waals surface area (Å²) in [5, 5.41) is 0. The molecule has 4 rings (SSSR count). The number of hydrogen-bond acceptors (Lipinski definition) is 6. The van der Waals surface area contributed by atoms with E-state index in [9.17, 15) is 9.59 Å². The SMILES string of the molecule is CC[C@H]1OC(=O)[C@H](C)[C@H]2O[C@@](C)(C[C@@H](C)[C@H](OCc3ccccc3)C=C=C1C)C(=O)[C@@H]2OCc1ccccc1. The summed E-state index contributed by atoms with van der Waals surface area (Å²) >= 11 is 0. The first-order valence-electron chi connectivity index (χ1n) is 13.9. The van der Waals surface area contributed by atoms with Crippen molar-refractivity contribution in [3.63, 3.8) is 0 Å². The Bertz CT molecular complexity index is 1190. The summed E-state index contributed by atoms with van der Waals surface area (Å²) in [5.41, 5.74) is 5.02. The fourth-order valence-electron chi connectivity index (χ4n) is 5.35. The Hall–Kier alpha value is -3.02. The number of hydrogen-bond donors (Lipinski definition) is 0. The Kier molecular flexibility index (Phi) is 9.58. The molecule has 2 bridgehead atoms. The molecule has 1 saturated heterocycles. The molecule has 6 heteroatoms. The average Bonchev–Trinajstić information content (AvgIpc) is 3.19. The Balaban J connectivity index is 1.65. The monoisotopic (exact) mass is 532 g/mol. The minimum Gasteiger partial charge on any atom is -0.457 e. The van der Waals surface area contributed by atoms with Gasteiger partial charge in [0.05, 0.1) is 25.2 Å². The smallest absolute Gasteiger partial charge is 0.312 e. The summed E-state index contributed by atoms with van der Waals surface area (Å²) in [6.45, 7) is 10.2. The van der Waals surface area contributed by atoms with Crippen molar-refractivity contribution in [1.29, 1.82) is 0 Å². The molecule has 0 aromatic heterocycles.